The fourth-order valence-electron chi connectivity index (χ4n) is 5.54. The Kier molecular flexibility index (Phi) is 10.5. The van der Waals surface area contributed by atoms with Gasteiger partial charge in [0.2, 0.25) is 5.91 Å². The van der Waals surface area contributed by atoms with Gasteiger partial charge < -0.3 is 53.4 Å². The van der Waals surface area contributed by atoms with Gasteiger partial charge in [-0.2, -0.15) is 0 Å². The Bertz CT molecular complexity index is 1170. The van der Waals surface area contributed by atoms with Crippen LogP contribution in [0.15, 0.2) is 60.7 Å². The predicted molar refractivity (Wildman–Crippen MR) is 150 cm³/mol. The molecule has 43 heavy (non-hydrogen) atoms. The molecule has 0 spiro atoms. The van der Waals surface area contributed by atoms with Crippen LogP contribution in [0.1, 0.15) is 31.9 Å². The van der Waals surface area contributed by atoms with Crippen molar-refractivity contribution in [2.24, 2.45) is 0 Å². The molecule has 12 nitrogen and oxygen atoms in total. The van der Waals surface area contributed by atoms with Gasteiger partial charge in [0.05, 0.1) is 19.8 Å². The molecule has 1 amide bonds. The van der Waals surface area contributed by atoms with Crippen LogP contribution in [0.2, 0.25) is 0 Å². The van der Waals surface area contributed by atoms with Crippen LogP contribution in [0.3, 0.4) is 0 Å². The standard InChI is InChI=1S/C31H41NO11/c1-18(33)32-22-25(24-21(40-29(22)36-4)17-39-31(2,3)43-24)41-30-27(38-16-20-13-9-6-10-14-20)23(34)26(28(35)42-30)37-15-19-11-7-5-8-12-19/h5-14,21-30,34-35H,15-17H2,1-4H3,(H,32,33)/t21-,22-,23-,24-,25-,26-,27-,28-,29-,30+/m1/s1. The van der Waals surface area contributed by atoms with Gasteiger partial charge in [-0.3, -0.25) is 4.79 Å². The van der Waals surface area contributed by atoms with Crippen LogP contribution in [0.4, 0.5) is 0 Å². The first-order chi connectivity index (χ1) is 20.6. The Morgan fingerprint density at radius 2 is 1.51 bits per heavy atom. The zero-order chi connectivity index (χ0) is 30.6. The van der Waals surface area contributed by atoms with Gasteiger partial charge in [0.1, 0.15) is 42.7 Å². The smallest absolute Gasteiger partial charge is 0.217 e. The molecule has 2 aromatic carbocycles. The lowest BCUT2D eigenvalue weighted by Crippen LogP contribution is -2.70. The molecule has 3 saturated heterocycles. The lowest BCUT2D eigenvalue weighted by molar-refractivity contribution is -0.404. The number of aliphatic hydroxyl groups excluding tert-OH is 2. The Balaban J connectivity index is 1.41. The monoisotopic (exact) mass is 603 g/mol. The average Bonchev–Trinajstić information content (AvgIpc) is 2.98. The molecule has 3 heterocycles. The van der Waals surface area contributed by atoms with Crippen LogP contribution in [0.5, 0.6) is 0 Å². The first-order valence-electron chi connectivity index (χ1n) is 14.4. The summed E-state index contributed by atoms with van der Waals surface area (Å²) in [6, 6.07) is 18.0. The van der Waals surface area contributed by atoms with Crippen molar-refractivity contribution < 1.29 is 52.9 Å². The van der Waals surface area contributed by atoms with Crippen molar-refractivity contribution in [1.29, 1.82) is 0 Å². The van der Waals surface area contributed by atoms with E-state index in [1.54, 1.807) is 13.8 Å². The summed E-state index contributed by atoms with van der Waals surface area (Å²) in [6.07, 6.45) is -9.59. The first-order valence-corrected chi connectivity index (χ1v) is 14.4. The molecule has 5 rings (SSSR count). The minimum atomic E-state index is -1.56. The molecule has 0 radical (unpaired) electrons. The number of benzene rings is 2. The number of rotatable bonds is 10. The summed E-state index contributed by atoms with van der Waals surface area (Å²) in [4.78, 5) is 12.3. The summed E-state index contributed by atoms with van der Waals surface area (Å²) < 4.78 is 48.3. The third-order valence-electron chi connectivity index (χ3n) is 7.62. The lowest BCUT2D eigenvalue weighted by atomic mass is 9.94. The number of fused-ring (bicyclic) bond motifs is 1. The highest BCUT2D eigenvalue weighted by Crippen LogP contribution is 2.37. The van der Waals surface area contributed by atoms with Crippen molar-refractivity contribution in [2.75, 3.05) is 13.7 Å². The molecule has 3 aliphatic heterocycles. The highest BCUT2D eigenvalue weighted by atomic mass is 16.8. The molecule has 10 atom stereocenters. The maximum Gasteiger partial charge on any atom is 0.217 e. The number of hydrogen-bond acceptors (Lipinski definition) is 11. The molecule has 0 aliphatic carbocycles. The van der Waals surface area contributed by atoms with Crippen molar-refractivity contribution in [3.05, 3.63) is 71.8 Å². The van der Waals surface area contributed by atoms with Crippen molar-refractivity contribution in [1.82, 2.24) is 5.32 Å². The van der Waals surface area contributed by atoms with Crippen LogP contribution in [0.25, 0.3) is 0 Å². The Morgan fingerprint density at radius 3 is 2.09 bits per heavy atom. The van der Waals surface area contributed by atoms with E-state index in [2.05, 4.69) is 5.32 Å². The van der Waals surface area contributed by atoms with E-state index in [0.29, 0.717) is 0 Å². The molecule has 0 unspecified atom stereocenters. The molecular weight excluding hydrogens is 562 g/mol. The number of carbonyl (C=O) groups excluding carboxylic acids is 1. The summed E-state index contributed by atoms with van der Waals surface area (Å²) in [5, 5.41) is 25.4. The molecule has 0 saturated carbocycles. The molecule has 3 fully saturated rings. The summed E-state index contributed by atoms with van der Waals surface area (Å²) >= 11 is 0. The summed E-state index contributed by atoms with van der Waals surface area (Å²) in [6.45, 7) is 5.34. The maximum absolute atomic E-state index is 12.3. The van der Waals surface area contributed by atoms with Crippen molar-refractivity contribution >= 4 is 5.91 Å². The normalized spacial score (nSPS) is 35.6. The number of methoxy groups -OCH3 is 1. The van der Waals surface area contributed by atoms with Crippen LogP contribution in [-0.4, -0.2) is 97.2 Å². The van der Waals surface area contributed by atoms with E-state index in [9.17, 15) is 15.0 Å². The van der Waals surface area contributed by atoms with E-state index >= 15 is 0 Å². The van der Waals surface area contributed by atoms with Gasteiger partial charge in [0.25, 0.3) is 0 Å². The Hall–Kier alpha value is -2.49. The van der Waals surface area contributed by atoms with Gasteiger partial charge in [-0.05, 0) is 25.0 Å². The maximum atomic E-state index is 12.3. The van der Waals surface area contributed by atoms with Crippen LogP contribution >= 0.6 is 0 Å². The average molecular weight is 604 g/mol. The van der Waals surface area contributed by atoms with Crippen molar-refractivity contribution in [2.45, 2.75) is 101 Å². The van der Waals surface area contributed by atoms with Crippen LogP contribution < -0.4 is 5.32 Å². The largest absolute Gasteiger partial charge is 0.387 e. The molecule has 236 valence electrons. The molecule has 12 heteroatoms. The molecule has 0 aromatic heterocycles. The Labute approximate surface area is 251 Å². The van der Waals surface area contributed by atoms with E-state index in [0.717, 1.165) is 11.1 Å². The van der Waals surface area contributed by atoms with Gasteiger partial charge in [0, 0.05) is 14.0 Å². The van der Waals surface area contributed by atoms with Crippen molar-refractivity contribution in [3.8, 4) is 0 Å². The second-order valence-corrected chi connectivity index (χ2v) is 11.3. The quantitative estimate of drug-likeness (QED) is 0.364. The van der Waals surface area contributed by atoms with E-state index in [4.69, 9.17) is 37.9 Å². The van der Waals surface area contributed by atoms with Gasteiger partial charge in [0.15, 0.2) is 24.7 Å². The minimum Gasteiger partial charge on any atom is -0.387 e. The number of hydrogen-bond donors (Lipinski definition) is 3. The Morgan fingerprint density at radius 1 is 0.907 bits per heavy atom. The lowest BCUT2D eigenvalue weighted by Gasteiger charge is -2.52. The summed E-state index contributed by atoms with van der Waals surface area (Å²) in [7, 11) is 1.45. The third-order valence-corrected chi connectivity index (χ3v) is 7.62. The highest BCUT2D eigenvalue weighted by Gasteiger charge is 2.56. The van der Waals surface area contributed by atoms with Crippen molar-refractivity contribution in [3.63, 3.8) is 0 Å². The second kappa shape index (κ2) is 14.1. The number of amides is 1. The van der Waals surface area contributed by atoms with E-state index in [1.807, 2.05) is 60.7 Å². The van der Waals surface area contributed by atoms with E-state index < -0.39 is 67.3 Å². The van der Waals surface area contributed by atoms with E-state index in [1.165, 1.54) is 14.0 Å². The summed E-state index contributed by atoms with van der Waals surface area (Å²) in [5.74, 6) is -1.32. The highest BCUT2D eigenvalue weighted by molar-refractivity contribution is 5.73. The SMILES string of the molecule is CO[C@@H]1O[C@@H]2COC(C)(C)O[C@H]2[C@H](O[C@H]2O[C@@H](O)[C@H](OCc3ccccc3)[C@@H](O)[C@H]2OCc2ccccc2)[C@H]1NC(C)=O. The van der Waals surface area contributed by atoms with Gasteiger partial charge >= 0.3 is 0 Å². The fraction of sp³-hybridized carbons (Fsp3) is 0.581. The molecule has 0 bridgehead atoms. The van der Waals surface area contributed by atoms with Crippen LogP contribution in [-0.2, 0) is 55.9 Å². The van der Waals surface area contributed by atoms with E-state index in [-0.39, 0.29) is 25.7 Å². The zero-order valence-corrected chi connectivity index (χ0v) is 24.7. The third kappa shape index (κ3) is 7.78. The predicted octanol–water partition coefficient (Wildman–Crippen LogP) is 1.61. The molecule has 2 aromatic rings. The van der Waals surface area contributed by atoms with Gasteiger partial charge in [-0.15, -0.1) is 0 Å². The minimum absolute atomic E-state index is 0.125. The molecule has 3 aliphatic rings. The van der Waals surface area contributed by atoms with Gasteiger partial charge in [-0.1, -0.05) is 60.7 Å². The number of aliphatic hydroxyl groups is 2. The van der Waals surface area contributed by atoms with Gasteiger partial charge in [-0.25, -0.2) is 0 Å². The molecule has 3 N–H and O–H groups in total. The zero-order valence-electron chi connectivity index (χ0n) is 24.7. The first kappa shape index (κ1) is 31.9. The number of nitrogens with one attached hydrogen (secondary N) is 1. The second-order valence-electron chi connectivity index (χ2n) is 11.3. The number of carbonyl (C=O) groups is 1. The number of ether oxygens (including phenoxy) is 8. The summed E-state index contributed by atoms with van der Waals surface area (Å²) in [5.41, 5.74) is 1.72. The molecular formula is C31H41NO11. The fourth-order valence-corrected chi connectivity index (χ4v) is 5.54. The topological polar surface area (TPSA) is 143 Å². The van der Waals surface area contributed by atoms with Crippen LogP contribution in [0, 0.1) is 0 Å².